The first-order valence-electron chi connectivity index (χ1n) is 12.7. The number of ether oxygens (including phenoxy) is 2. The average Bonchev–Trinajstić information content (AvgIpc) is 3.42. The van der Waals surface area contributed by atoms with Crippen LogP contribution >= 0.6 is 11.3 Å². The molecule has 2 saturated heterocycles. The first-order chi connectivity index (χ1) is 17.4. The van der Waals surface area contributed by atoms with Gasteiger partial charge in [0, 0.05) is 38.1 Å². The minimum Gasteiger partial charge on any atom is -0.493 e. The number of nitrogens with zero attached hydrogens (tertiary/aromatic N) is 3. The van der Waals surface area contributed by atoms with Crippen molar-refractivity contribution >= 4 is 17.2 Å². The Bertz CT molecular complexity index is 983. The third-order valence-electron chi connectivity index (χ3n) is 7.31. The van der Waals surface area contributed by atoms with Crippen molar-refractivity contribution < 1.29 is 24.5 Å². The quantitative estimate of drug-likeness (QED) is 0.438. The Kier molecular flexibility index (Phi) is 9.19. The summed E-state index contributed by atoms with van der Waals surface area (Å²) >= 11 is 1.33. The number of hydrogen-bond acceptors (Lipinski definition) is 9. The van der Waals surface area contributed by atoms with E-state index in [9.17, 15) is 15.0 Å². The summed E-state index contributed by atoms with van der Waals surface area (Å²) in [5.41, 5.74) is 1.57. The summed E-state index contributed by atoms with van der Waals surface area (Å²) in [6, 6.07) is 5.93. The van der Waals surface area contributed by atoms with Gasteiger partial charge in [-0.05, 0) is 56.0 Å². The standard InChI is InChI=1S/C26H38N4O5S/c1-19-5-8-29(9-6-19)11-12-35-22-4-3-20(13-23(22)34-2)14-30-10-7-26(33,24(31)15-30)17-27-25(32)21-16-36-18-28-21/h3-4,13,16,18-19,24,31,33H,5-12,14-15,17H2,1-2H3,(H,27,32)/t24-,26-/m1/s1. The van der Waals surface area contributed by atoms with Crippen LogP contribution in [0, 0.1) is 5.92 Å². The molecule has 0 spiro atoms. The van der Waals surface area contributed by atoms with Crippen LogP contribution in [-0.2, 0) is 6.54 Å². The highest BCUT2D eigenvalue weighted by molar-refractivity contribution is 7.07. The number of benzene rings is 1. The number of carbonyl (C=O) groups excluding carboxylic acids is 1. The number of β-amino-alcohol motifs (C(OH)–C–C–N with tert-alkyl or cyclic N) is 1. The highest BCUT2D eigenvalue weighted by Gasteiger charge is 2.41. The number of methoxy groups -OCH3 is 1. The molecule has 2 aliphatic rings. The monoisotopic (exact) mass is 518 g/mol. The average molecular weight is 519 g/mol. The molecule has 1 aromatic heterocycles. The first-order valence-corrected chi connectivity index (χ1v) is 13.6. The Hall–Kier alpha value is -2.24. The molecule has 36 heavy (non-hydrogen) atoms. The lowest BCUT2D eigenvalue weighted by Gasteiger charge is -2.42. The number of piperidine rings is 2. The molecule has 0 unspecified atom stereocenters. The van der Waals surface area contributed by atoms with E-state index in [1.807, 2.05) is 18.2 Å². The molecule has 0 aliphatic carbocycles. The Labute approximate surface area is 217 Å². The van der Waals surface area contributed by atoms with E-state index >= 15 is 0 Å². The van der Waals surface area contributed by atoms with Crippen molar-refractivity contribution in [2.45, 2.75) is 44.4 Å². The van der Waals surface area contributed by atoms with Crippen LogP contribution in [0.15, 0.2) is 29.1 Å². The van der Waals surface area contributed by atoms with Crippen LogP contribution in [0.4, 0.5) is 0 Å². The van der Waals surface area contributed by atoms with Gasteiger partial charge in [0.15, 0.2) is 11.5 Å². The molecule has 0 saturated carbocycles. The van der Waals surface area contributed by atoms with E-state index in [1.54, 1.807) is 18.0 Å². The number of rotatable bonds is 10. The van der Waals surface area contributed by atoms with Gasteiger partial charge in [-0.25, -0.2) is 4.98 Å². The molecule has 198 valence electrons. The van der Waals surface area contributed by atoms with E-state index in [0.29, 0.717) is 44.1 Å². The fourth-order valence-electron chi connectivity index (χ4n) is 4.78. The number of hydrogen-bond donors (Lipinski definition) is 3. The molecular weight excluding hydrogens is 480 g/mol. The molecule has 0 radical (unpaired) electrons. The van der Waals surface area contributed by atoms with Crippen molar-refractivity contribution in [3.05, 3.63) is 40.3 Å². The highest BCUT2D eigenvalue weighted by Crippen LogP contribution is 2.30. The summed E-state index contributed by atoms with van der Waals surface area (Å²) in [5, 5.41) is 26.0. The largest absolute Gasteiger partial charge is 0.493 e. The van der Waals surface area contributed by atoms with Crippen LogP contribution in [0.5, 0.6) is 11.5 Å². The zero-order valence-corrected chi connectivity index (χ0v) is 22.0. The number of aromatic nitrogens is 1. The van der Waals surface area contributed by atoms with E-state index in [0.717, 1.165) is 36.9 Å². The van der Waals surface area contributed by atoms with Crippen LogP contribution in [0.3, 0.4) is 0 Å². The number of carbonyl (C=O) groups is 1. The van der Waals surface area contributed by atoms with Crippen molar-refractivity contribution in [3.63, 3.8) is 0 Å². The maximum Gasteiger partial charge on any atom is 0.270 e. The Morgan fingerprint density at radius 2 is 2.06 bits per heavy atom. The number of aliphatic hydroxyl groups excluding tert-OH is 1. The van der Waals surface area contributed by atoms with Gasteiger partial charge in [-0.2, -0.15) is 0 Å². The molecule has 2 aromatic rings. The Morgan fingerprint density at radius 1 is 1.25 bits per heavy atom. The summed E-state index contributed by atoms with van der Waals surface area (Å²) in [6.07, 6.45) is 1.87. The van der Waals surface area contributed by atoms with Gasteiger partial charge >= 0.3 is 0 Å². The van der Waals surface area contributed by atoms with E-state index in [2.05, 4.69) is 27.0 Å². The molecule has 2 atom stereocenters. The second kappa shape index (κ2) is 12.3. The predicted molar refractivity (Wildman–Crippen MR) is 139 cm³/mol. The van der Waals surface area contributed by atoms with Gasteiger partial charge in [-0.1, -0.05) is 13.0 Å². The summed E-state index contributed by atoms with van der Waals surface area (Å²) < 4.78 is 11.6. The summed E-state index contributed by atoms with van der Waals surface area (Å²) in [7, 11) is 1.64. The summed E-state index contributed by atoms with van der Waals surface area (Å²) in [4.78, 5) is 20.7. The molecule has 1 amide bonds. The first kappa shape index (κ1) is 26.8. The number of thiazole rings is 1. The second-order valence-corrected chi connectivity index (χ2v) is 10.7. The van der Waals surface area contributed by atoms with Gasteiger partial charge in [0.1, 0.15) is 17.9 Å². The molecule has 3 N–H and O–H groups in total. The van der Waals surface area contributed by atoms with Gasteiger partial charge in [0.25, 0.3) is 5.91 Å². The lowest BCUT2D eigenvalue weighted by Crippen LogP contribution is -2.60. The second-order valence-electron chi connectivity index (χ2n) is 10.0. The predicted octanol–water partition coefficient (Wildman–Crippen LogP) is 1.99. The fourth-order valence-corrected chi connectivity index (χ4v) is 5.31. The number of amides is 1. The van der Waals surface area contributed by atoms with Crippen molar-refractivity contribution in [2.24, 2.45) is 5.92 Å². The fraction of sp³-hybridized carbons (Fsp3) is 0.615. The molecule has 9 nitrogen and oxygen atoms in total. The van der Waals surface area contributed by atoms with E-state index < -0.39 is 11.7 Å². The van der Waals surface area contributed by atoms with Gasteiger partial charge in [-0.3, -0.25) is 14.6 Å². The molecule has 2 fully saturated rings. The van der Waals surface area contributed by atoms with Crippen LogP contribution in [0.2, 0.25) is 0 Å². The lowest BCUT2D eigenvalue weighted by atomic mass is 9.88. The van der Waals surface area contributed by atoms with Crippen LogP contribution in [0.1, 0.15) is 42.2 Å². The maximum atomic E-state index is 12.2. The van der Waals surface area contributed by atoms with Gasteiger partial charge in [0.2, 0.25) is 0 Å². The molecule has 10 heteroatoms. The van der Waals surface area contributed by atoms with Crippen molar-refractivity contribution in [1.82, 2.24) is 20.1 Å². The molecule has 0 bridgehead atoms. The number of nitrogens with one attached hydrogen (secondary N) is 1. The van der Waals surface area contributed by atoms with E-state index in [-0.39, 0.29) is 12.5 Å². The van der Waals surface area contributed by atoms with Gasteiger partial charge in [-0.15, -0.1) is 11.3 Å². The third-order valence-corrected chi connectivity index (χ3v) is 7.89. The molecular formula is C26H38N4O5S. The SMILES string of the molecule is COc1cc(CN2CC[C@@](O)(CNC(=O)c3cscn3)[C@H](O)C2)ccc1OCCN1CCC(C)CC1. The number of aliphatic hydroxyl groups is 2. The normalized spacial score (nSPS) is 23.9. The zero-order chi connectivity index (χ0) is 25.5. The smallest absolute Gasteiger partial charge is 0.270 e. The molecule has 3 heterocycles. The third kappa shape index (κ3) is 6.95. The number of likely N-dealkylation sites (tertiary alicyclic amines) is 2. The summed E-state index contributed by atoms with van der Waals surface area (Å²) in [5.74, 6) is 1.90. The lowest BCUT2D eigenvalue weighted by molar-refractivity contribution is -0.116. The Morgan fingerprint density at radius 3 is 2.75 bits per heavy atom. The zero-order valence-electron chi connectivity index (χ0n) is 21.2. The van der Waals surface area contributed by atoms with Gasteiger partial charge < -0.3 is 25.0 Å². The van der Waals surface area contributed by atoms with Crippen molar-refractivity contribution in [2.75, 3.05) is 53.0 Å². The van der Waals surface area contributed by atoms with Crippen LogP contribution < -0.4 is 14.8 Å². The van der Waals surface area contributed by atoms with Crippen molar-refractivity contribution in [3.8, 4) is 11.5 Å². The topological polar surface area (TPSA) is 107 Å². The minimum atomic E-state index is -1.37. The van der Waals surface area contributed by atoms with Crippen molar-refractivity contribution in [1.29, 1.82) is 0 Å². The Balaban J connectivity index is 1.25. The van der Waals surface area contributed by atoms with Crippen LogP contribution in [0.25, 0.3) is 0 Å². The molecule has 4 rings (SSSR count). The molecule has 2 aliphatic heterocycles. The van der Waals surface area contributed by atoms with Crippen LogP contribution in [-0.4, -0.2) is 95.6 Å². The van der Waals surface area contributed by atoms with E-state index in [4.69, 9.17) is 9.47 Å². The maximum absolute atomic E-state index is 12.2. The van der Waals surface area contributed by atoms with E-state index in [1.165, 1.54) is 24.2 Å². The highest BCUT2D eigenvalue weighted by atomic mass is 32.1. The summed E-state index contributed by atoms with van der Waals surface area (Å²) in [6.45, 7) is 7.61. The van der Waals surface area contributed by atoms with Gasteiger partial charge in [0.05, 0.1) is 18.7 Å². The molecule has 1 aromatic carbocycles. The minimum absolute atomic E-state index is 0.0192.